The number of nitrogens with one attached hydrogen (secondary N) is 6. The molecule has 0 bridgehead atoms. The predicted molar refractivity (Wildman–Crippen MR) is 68.2 cm³/mol. The van der Waals surface area contributed by atoms with Gasteiger partial charge in [-0.3, -0.25) is 10.6 Å². The first-order valence-corrected chi connectivity index (χ1v) is 6.99. The van der Waals surface area contributed by atoms with Crippen molar-refractivity contribution in [2.45, 2.75) is 19.0 Å². The molecule has 7 heteroatoms. The first-order valence-electron chi connectivity index (χ1n) is 6.01. The Hall–Kier alpha value is 0.254. The van der Waals surface area contributed by atoms with Crippen LogP contribution in [-0.4, -0.2) is 52.4 Å². The van der Waals surface area contributed by atoms with Crippen LogP contribution in [0.1, 0.15) is 6.92 Å². The molecule has 1 saturated heterocycles. The summed E-state index contributed by atoms with van der Waals surface area (Å²) in [6.45, 7) is 8.59. The van der Waals surface area contributed by atoms with Crippen molar-refractivity contribution in [2.75, 3.05) is 46.2 Å². The van der Waals surface area contributed by atoms with Gasteiger partial charge >= 0.3 is 21.4 Å². The third-order valence-electron chi connectivity index (χ3n) is 2.26. The summed E-state index contributed by atoms with van der Waals surface area (Å²) in [4.78, 5) is 0. The van der Waals surface area contributed by atoms with Gasteiger partial charge in [0.15, 0.2) is 0 Å². The van der Waals surface area contributed by atoms with E-state index in [1.54, 1.807) is 5.89 Å². The van der Waals surface area contributed by atoms with Gasteiger partial charge in [-0.15, -0.1) is 0 Å². The Labute approximate surface area is 113 Å². The van der Waals surface area contributed by atoms with Gasteiger partial charge in [0.25, 0.3) is 0 Å². The number of hydrogen-bond acceptors (Lipinski definition) is 6. The van der Waals surface area contributed by atoms with Gasteiger partial charge in [0.05, 0.1) is 6.17 Å². The standard InChI is InChI=1S/C9H24N6.CH3.Ni/c1-9-14-5-4-11-7-13-6-10-2-3-12-8-15-9;;/h9-15H,2-8H2,1H3;1H3;. The Morgan fingerprint density at radius 1 is 0.706 bits per heavy atom. The summed E-state index contributed by atoms with van der Waals surface area (Å²) in [5.41, 5.74) is 0. The van der Waals surface area contributed by atoms with E-state index in [9.17, 15) is 0 Å². The molecular weight excluding hydrogens is 263 g/mol. The SMILES string of the molecule is CC1NCCNCNCNCCNCN1.[CH3][Ni]. The van der Waals surface area contributed by atoms with Gasteiger partial charge in [-0.05, 0) is 6.92 Å². The molecule has 1 aliphatic rings. The molecule has 1 unspecified atom stereocenters. The van der Waals surface area contributed by atoms with Crippen LogP contribution < -0.4 is 31.9 Å². The van der Waals surface area contributed by atoms with Gasteiger partial charge < -0.3 is 21.3 Å². The average Bonchev–Trinajstić information content (AvgIpc) is 2.37. The Kier molecular flexibility index (Phi) is 14.5. The molecule has 0 spiro atoms. The van der Waals surface area contributed by atoms with E-state index in [1.165, 1.54) is 0 Å². The quantitative estimate of drug-likeness (QED) is 0.300. The summed E-state index contributed by atoms with van der Waals surface area (Å²) >= 11 is 3.88. The monoisotopic (exact) mass is 289 g/mol. The molecule has 0 amide bonds. The molecule has 0 aromatic heterocycles. The molecule has 0 aromatic rings. The van der Waals surface area contributed by atoms with Crippen molar-refractivity contribution in [1.29, 1.82) is 0 Å². The molecule has 1 fully saturated rings. The van der Waals surface area contributed by atoms with Gasteiger partial charge in [0.1, 0.15) is 0 Å². The Bertz CT molecular complexity index is 135. The Morgan fingerprint density at radius 2 is 1.24 bits per heavy atom. The zero-order chi connectivity index (χ0) is 12.8. The molecule has 1 aliphatic heterocycles. The van der Waals surface area contributed by atoms with Crippen LogP contribution in [0.15, 0.2) is 0 Å². The molecule has 0 aliphatic carbocycles. The second kappa shape index (κ2) is 14.3. The third-order valence-corrected chi connectivity index (χ3v) is 2.26. The zero-order valence-electron chi connectivity index (χ0n) is 10.8. The van der Waals surface area contributed by atoms with E-state index in [0.29, 0.717) is 6.17 Å². The van der Waals surface area contributed by atoms with Crippen molar-refractivity contribution in [3.05, 3.63) is 0 Å². The van der Waals surface area contributed by atoms with E-state index in [0.717, 1.165) is 46.2 Å². The van der Waals surface area contributed by atoms with E-state index in [1.807, 2.05) is 0 Å². The summed E-state index contributed by atoms with van der Waals surface area (Å²) in [7, 11) is 0. The van der Waals surface area contributed by atoms with E-state index >= 15 is 0 Å². The summed E-state index contributed by atoms with van der Waals surface area (Å²) in [6, 6.07) is 0. The normalized spacial score (nSPS) is 25.3. The molecule has 0 radical (unpaired) electrons. The van der Waals surface area contributed by atoms with Crippen LogP contribution in [0.3, 0.4) is 0 Å². The first kappa shape index (κ1) is 17.3. The average molecular weight is 290 g/mol. The van der Waals surface area contributed by atoms with E-state index in [2.05, 4.69) is 54.3 Å². The topological polar surface area (TPSA) is 72.2 Å². The number of hydrogen-bond donors (Lipinski definition) is 6. The number of rotatable bonds is 0. The fourth-order valence-corrected chi connectivity index (χ4v) is 1.36. The summed E-state index contributed by atoms with van der Waals surface area (Å²) in [6.07, 6.45) is 0.350. The second-order valence-corrected chi connectivity index (χ2v) is 3.66. The van der Waals surface area contributed by atoms with Crippen LogP contribution in [0.25, 0.3) is 0 Å². The van der Waals surface area contributed by atoms with Gasteiger partial charge in [0.2, 0.25) is 0 Å². The van der Waals surface area contributed by atoms with Crippen LogP contribution in [0.2, 0.25) is 5.89 Å². The van der Waals surface area contributed by atoms with Gasteiger partial charge in [-0.2, -0.15) is 0 Å². The van der Waals surface area contributed by atoms with Crippen molar-refractivity contribution in [3.63, 3.8) is 0 Å². The van der Waals surface area contributed by atoms with Gasteiger partial charge in [-0.25, -0.2) is 0 Å². The van der Waals surface area contributed by atoms with Crippen molar-refractivity contribution >= 4 is 0 Å². The van der Waals surface area contributed by atoms with E-state index in [-0.39, 0.29) is 0 Å². The van der Waals surface area contributed by atoms with Crippen LogP contribution in [0, 0.1) is 0 Å². The molecule has 6 N–H and O–H groups in total. The summed E-state index contributed by atoms with van der Waals surface area (Å²) in [5.74, 6) is 1.62. The Balaban J connectivity index is 0.00000121. The van der Waals surface area contributed by atoms with Crippen molar-refractivity contribution in [1.82, 2.24) is 31.9 Å². The second-order valence-electron chi connectivity index (χ2n) is 3.66. The molecule has 1 heterocycles. The zero-order valence-corrected chi connectivity index (χ0v) is 11.8. The maximum absolute atomic E-state index is 3.88. The summed E-state index contributed by atoms with van der Waals surface area (Å²) < 4.78 is 0. The van der Waals surface area contributed by atoms with Crippen LogP contribution in [0.5, 0.6) is 0 Å². The fraction of sp³-hybridized carbons (Fsp3) is 1.00. The maximum atomic E-state index is 3.88. The molecule has 1 atom stereocenters. The molecule has 0 aromatic carbocycles. The molecule has 107 valence electrons. The van der Waals surface area contributed by atoms with Gasteiger partial charge in [0, 0.05) is 46.2 Å². The van der Waals surface area contributed by atoms with Crippen LogP contribution in [0.4, 0.5) is 0 Å². The Morgan fingerprint density at radius 3 is 1.88 bits per heavy atom. The minimum atomic E-state index is 0.350. The van der Waals surface area contributed by atoms with Crippen molar-refractivity contribution in [3.8, 4) is 0 Å². The van der Waals surface area contributed by atoms with Crippen LogP contribution >= 0.6 is 0 Å². The third kappa shape index (κ3) is 12.5. The van der Waals surface area contributed by atoms with Crippen LogP contribution in [-0.2, 0) is 15.5 Å². The van der Waals surface area contributed by atoms with E-state index < -0.39 is 0 Å². The predicted octanol–water partition coefficient (Wildman–Crippen LogP) is -1.66. The molecular formula is C10H27N6Ni. The molecule has 1 rings (SSSR count). The van der Waals surface area contributed by atoms with Crippen molar-refractivity contribution < 1.29 is 15.5 Å². The molecule has 17 heavy (non-hydrogen) atoms. The summed E-state index contributed by atoms with van der Waals surface area (Å²) in [5, 5.41) is 19.9. The molecule has 6 nitrogen and oxygen atoms in total. The van der Waals surface area contributed by atoms with E-state index in [4.69, 9.17) is 0 Å². The first-order chi connectivity index (χ1) is 8.39. The van der Waals surface area contributed by atoms with Gasteiger partial charge in [-0.1, -0.05) is 0 Å². The minimum absolute atomic E-state index is 0.350. The fourth-order valence-electron chi connectivity index (χ4n) is 1.36. The van der Waals surface area contributed by atoms with Crippen molar-refractivity contribution in [2.24, 2.45) is 0 Å². The molecule has 0 saturated carbocycles.